The summed E-state index contributed by atoms with van der Waals surface area (Å²) >= 11 is 0. The Morgan fingerprint density at radius 1 is 1.33 bits per heavy atom. The Kier molecular flexibility index (Phi) is 1.48. The molecule has 2 heterocycles. The molecular weight excluding hydrogens is 158 g/mol. The molecule has 0 spiro atoms. The van der Waals surface area contributed by atoms with Crippen LogP contribution in [0.5, 0.6) is 5.75 Å². The van der Waals surface area contributed by atoms with Gasteiger partial charge in [-0.05, 0) is 6.07 Å². The molecule has 0 fully saturated rings. The molecule has 0 radical (unpaired) electrons. The van der Waals surface area contributed by atoms with Crippen LogP contribution in [0, 0.1) is 0 Å². The highest BCUT2D eigenvalue weighted by Gasteiger charge is 2.03. The van der Waals surface area contributed by atoms with Crippen molar-refractivity contribution < 1.29 is 9.52 Å². The van der Waals surface area contributed by atoms with E-state index in [1.54, 1.807) is 0 Å². The van der Waals surface area contributed by atoms with Gasteiger partial charge in [0.2, 0.25) is 12.3 Å². The van der Waals surface area contributed by atoms with E-state index in [1.807, 2.05) is 0 Å². The monoisotopic (exact) mass is 163 g/mol. The molecule has 0 aromatic carbocycles. The van der Waals surface area contributed by atoms with Crippen LogP contribution >= 0.6 is 0 Å². The molecule has 0 bridgehead atoms. The number of hydrogen-bond donors (Lipinski definition) is 1. The van der Waals surface area contributed by atoms with Gasteiger partial charge in [0.05, 0.1) is 11.8 Å². The minimum atomic E-state index is 0.0747. The van der Waals surface area contributed by atoms with Gasteiger partial charge in [-0.1, -0.05) is 0 Å². The van der Waals surface area contributed by atoms with Gasteiger partial charge in [0.25, 0.3) is 0 Å². The van der Waals surface area contributed by atoms with Gasteiger partial charge >= 0.3 is 0 Å². The van der Waals surface area contributed by atoms with Crippen molar-refractivity contribution in [1.82, 2.24) is 15.2 Å². The maximum Gasteiger partial charge on any atom is 0.249 e. The molecule has 60 valence electrons. The van der Waals surface area contributed by atoms with Crippen molar-refractivity contribution in [2.24, 2.45) is 0 Å². The van der Waals surface area contributed by atoms with Crippen molar-refractivity contribution >= 4 is 0 Å². The second kappa shape index (κ2) is 2.61. The van der Waals surface area contributed by atoms with E-state index >= 15 is 0 Å². The molecule has 0 saturated carbocycles. The summed E-state index contributed by atoms with van der Waals surface area (Å²) in [6.07, 6.45) is 4.09. The molecule has 5 nitrogen and oxygen atoms in total. The quantitative estimate of drug-likeness (QED) is 0.674. The van der Waals surface area contributed by atoms with Crippen LogP contribution in [0.4, 0.5) is 0 Å². The van der Waals surface area contributed by atoms with Gasteiger partial charge in [-0.3, -0.25) is 4.98 Å². The molecular formula is C7H5N3O2. The van der Waals surface area contributed by atoms with Gasteiger partial charge in [0.1, 0.15) is 5.75 Å². The molecule has 0 amide bonds. The second-order valence-corrected chi connectivity index (χ2v) is 2.18. The third-order valence-electron chi connectivity index (χ3n) is 1.33. The Balaban J connectivity index is 2.48. The van der Waals surface area contributed by atoms with Crippen LogP contribution < -0.4 is 0 Å². The first-order chi connectivity index (χ1) is 5.86. The van der Waals surface area contributed by atoms with Gasteiger partial charge < -0.3 is 9.52 Å². The lowest BCUT2D eigenvalue weighted by Crippen LogP contribution is -1.79. The van der Waals surface area contributed by atoms with Gasteiger partial charge in [-0.25, -0.2) is 0 Å². The van der Waals surface area contributed by atoms with Gasteiger partial charge in [0.15, 0.2) is 0 Å². The highest BCUT2D eigenvalue weighted by atomic mass is 16.4. The average molecular weight is 163 g/mol. The molecule has 0 atom stereocenters. The van der Waals surface area contributed by atoms with Gasteiger partial charge in [-0.2, -0.15) is 0 Å². The predicted octanol–water partition coefficient (Wildman–Crippen LogP) is 0.837. The van der Waals surface area contributed by atoms with E-state index in [-0.39, 0.29) is 5.75 Å². The van der Waals surface area contributed by atoms with Gasteiger partial charge in [0, 0.05) is 6.20 Å². The summed E-state index contributed by atoms with van der Waals surface area (Å²) in [5.41, 5.74) is 0.604. The van der Waals surface area contributed by atoms with Crippen LogP contribution in [0.2, 0.25) is 0 Å². The van der Waals surface area contributed by atoms with E-state index < -0.39 is 0 Å². The SMILES string of the molecule is Oc1cncc(-c2nnco2)c1. The summed E-state index contributed by atoms with van der Waals surface area (Å²) in [5.74, 6) is 0.420. The van der Waals surface area contributed by atoms with Crippen molar-refractivity contribution in [1.29, 1.82) is 0 Å². The molecule has 0 aliphatic carbocycles. The fraction of sp³-hybridized carbons (Fsp3) is 0. The lowest BCUT2D eigenvalue weighted by atomic mass is 10.3. The minimum absolute atomic E-state index is 0.0747. The number of hydrogen-bond acceptors (Lipinski definition) is 5. The Hall–Kier alpha value is -1.91. The van der Waals surface area contributed by atoms with Crippen LogP contribution in [0.15, 0.2) is 29.3 Å². The molecule has 2 aromatic rings. The smallest absolute Gasteiger partial charge is 0.249 e. The Morgan fingerprint density at radius 3 is 2.92 bits per heavy atom. The fourth-order valence-corrected chi connectivity index (χ4v) is 0.844. The number of pyridine rings is 1. The standard InChI is InChI=1S/C7H5N3O2/c11-6-1-5(2-8-3-6)7-10-9-4-12-7/h1-4,11H. The summed E-state index contributed by atoms with van der Waals surface area (Å²) < 4.78 is 4.90. The van der Waals surface area contributed by atoms with E-state index in [0.29, 0.717) is 11.5 Å². The third-order valence-corrected chi connectivity index (χ3v) is 1.33. The fourth-order valence-electron chi connectivity index (χ4n) is 0.844. The maximum atomic E-state index is 9.06. The zero-order valence-corrected chi connectivity index (χ0v) is 6.01. The molecule has 0 saturated heterocycles. The van der Waals surface area contributed by atoms with Crippen LogP contribution in [-0.2, 0) is 0 Å². The lowest BCUT2D eigenvalue weighted by molar-refractivity contribution is 0.472. The van der Waals surface area contributed by atoms with Crippen molar-refractivity contribution in [3.63, 3.8) is 0 Å². The number of rotatable bonds is 1. The van der Waals surface area contributed by atoms with E-state index in [2.05, 4.69) is 15.2 Å². The highest BCUT2D eigenvalue weighted by molar-refractivity contribution is 5.52. The van der Waals surface area contributed by atoms with Crippen LogP contribution in [-0.4, -0.2) is 20.3 Å². The van der Waals surface area contributed by atoms with E-state index in [1.165, 1.54) is 24.9 Å². The average Bonchev–Trinajstić information content (AvgIpc) is 2.56. The normalized spacial score (nSPS) is 10.0. The Morgan fingerprint density at radius 2 is 2.25 bits per heavy atom. The molecule has 0 unspecified atom stereocenters. The highest BCUT2D eigenvalue weighted by Crippen LogP contribution is 2.18. The van der Waals surface area contributed by atoms with E-state index in [4.69, 9.17) is 9.52 Å². The molecule has 12 heavy (non-hydrogen) atoms. The zero-order valence-electron chi connectivity index (χ0n) is 6.01. The largest absolute Gasteiger partial charge is 0.506 e. The first kappa shape index (κ1) is 6.78. The van der Waals surface area contributed by atoms with Crippen molar-refractivity contribution in [3.05, 3.63) is 24.9 Å². The number of nitrogens with zero attached hydrogens (tertiary/aromatic N) is 3. The summed E-state index contributed by atoms with van der Waals surface area (Å²) in [6, 6.07) is 1.50. The Labute approximate surface area is 67.7 Å². The number of aromatic nitrogens is 3. The van der Waals surface area contributed by atoms with Crippen LogP contribution in [0.1, 0.15) is 0 Å². The van der Waals surface area contributed by atoms with E-state index in [0.717, 1.165) is 0 Å². The summed E-state index contributed by atoms with van der Waals surface area (Å²) in [7, 11) is 0. The first-order valence-electron chi connectivity index (χ1n) is 3.27. The predicted molar refractivity (Wildman–Crippen MR) is 39.2 cm³/mol. The first-order valence-corrected chi connectivity index (χ1v) is 3.27. The molecule has 2 rings (SSSR count). The molecule has 0 aliphatic rings. The molecule has 2 aromatic heterocycles. The minimum Gasteiger partial charge on any atom is -0.506 e. The van der Waals surface area contributed by atoms with Crippen molar-refractivity contribution in [2.45, 2.75) is 0 Å². The second-order valence-electron chi connectivity index (χ2n) is 2.18. The van der Waals surface area contributed by atoms with Crippen LogP contribution in [0.3, 0.4) is 0 Å². The molecule has 5 heteroatoms. The van der Waals surface area contributed by atoms with Gasteiger partial charge in [-0.15, -0.1) is 10.2 Å². The molecule has 1 N–H and O–H groups in total. The summed E-state index contributed by atoms with van der Waals surface area (Å²) in [6.45, 7) is 0. The van der Waals surface area contributed by atoms with Crippen molar-refractivity contribution in [3.8, 4) is 17.2 Å². The zero-order chi connectivity index (χ0) is 8.39. The number of aromatic hydroxyl groups is 1. The summed E-state index contributed by atoms with van der Waals surface area (Å²) in [4.78, 5) is 3.76. The van der Waals surface area contributed by atoms with Crippen molar-refractivity contribution in [2.75, 3.05) is 0 Å². The van der Waals surface area contributed by atoms with E-state index in [9.17, 15) is 0 Å². The lowest BCUT2D eigenvalue weighted by Gasteiger charge is -1.93. The van der Waals surface area contributed by atoms with Crippen LogP contribution in [0.25, 0.3) is 11.5 Å². The maximum absolute atomic E-state index is 9.06. The third kappa shape index (κ3) is 1.12. The summed E-state index contributed by atoms with van der Waals surface area (Å²) in [5, 5.41) is 16.2. The molecule has 0 aliphatic heterocycles. The Bertz CT molecular complexity index is 372. The topological polar surface area (TPSA) is 72.0 Å².